The van der Waals surface area contributed by atoms with Gasteiger partial charge in [-0.3, -0.25) is 9.79 Å². The molecule has 1 aliphatic rings. The number of guanidine groups is 1. The van der Waals surface area contributed by atoms with Crippen LogP contribution in [0.25, 0.3) is 0 Å². The van der Waals surface area contributed by atoms with Gasteiger partial charge in [0.1, 0.15) is 5.01 Å². The van der Waals surface area contributed by atoms with Crippen LogP contribution in [0.1, 0.15) is 34.7 Å². The predicted molar refractivity (Wildman–Crippen MR) is 121 cm³/mol. The third-order valence-corrected chi connectivity index (χ3v) is 5.38. The first-order chi connectivity index (χ1) is 13.9. The summed E-state index contributed by atoms with van der Waals surface area (Å²) in [5.74, 6) is 0.559. The quantitative estimate of drug-likeness (QED) is 0.248. The van der Waals surface area contributed by atoms with Crippen molar-refractivity contribution >= 4 is 47.2 Å². The van der Waals surface area contributed by atoms with Crippen molar-refractivity contribution in [2.24, 2.45) is 4.99 Å². The summed E-state index contributed by atoms with van der Waals surface area (Å²) in [4.78, 5) is 21.8. The Labute approximate surface area is 194 Å². The lowest BCUT2D eigenvalue weighted by Gasteiger charge is -2.16. The van der Waals surface area contributed by atoms with Crippen molar-refractivity contribution in [2.75, 3.05) is 13.6 Å². The zero-order valence-corrected chi connectivity index (χ0v) is 19.5. The molecule has 0 radical (unpaired) electrons. The lowest BCUT2D eigenvalue weighted by Crippen LogP contribution is -2.37. The Hall–Kier alpha value is -1.89. The Morgan fingerprint density at radius 2 is 1.90 bits per heavy atom. The van der Waals surface area contributed by atoms with Gasteiger partial charge in [-0.1, -0.05) is 24.3 Å². The zero-order valence-electron chi connectivity index (χ0n) is 16.3. The largest absolute Gasteiger partial charge is 0.434 e. The number of nitrogens with zero attached hydrogens (tertiary/aromatic N) is 3. The molecule has 0 saturated carbocycles. The molecule has 0 spiro atoms. The summed E-state index contributed by atoms with van der Waals surface area (Å²) in [5, 5.41) is 7.31. The van der Waals surface area contributed by atoms with Gasteiger partial charge in [0.05, 0.1) is 6.54 Å². The number of benzene rings is 1. The first kappa shape index (κ1) is 24.4. The summed E-state index contributed by atoms with van der Waals surface area (Å²) in [5.41, 5.74) is 1.50. The second-order valence-corrected chi connectivity index (χ2v) is 7.54. The highest BCUT2D eigenvalue weighted by atomic mass is 127. The molecule has 0 unspecified atom stereocenters. The van der Waals surface area contributed by atoms with E-state index in [0.717, 1.165) is 16.7 Å². The number of fused-ring (bicyclic) bond motifs is 1. The number of rotatable bonds is 6. The van der Waals surface area contributed by atoms with Gasteiger partial charge < -0.3 is 15.5 Å². The lowest BCUT2D eigenvalue weighted by molar-refractivity contribution is -0.140. The molecule has 0 bridgehead atoms. The minimum atomic E-state index is -4.43. The van der Waals surface area contributed by atoms with Gasteiger partial charge in [-0.05, 0) is 17.5 Å². The minimum absolute atomic E-state index is 0. The average Bonchev–Trinajstić information content (AvgIpc) is 3.34. The highest BCUT2D eigenvalue weighted by Gasteiger charge is 2.33. The Morgan fingerprint density at radius 3 is 2.47 bits per heavy atom. The van der Waals surface area contributed by atoms with Crippen molar-refractivity contribution in [2.45, 2.75) is 38.7 Å². The van der Waals surface area contributed by atoms with Gasteiger partial charge in [0.15, 0.2) is 11.7 Å². The molecule has 1 aromatic carbocycles. The van der Waals surface area contributed by atoms with E-state index in [9.17, 15) is 18.0 Å². The van der Waals surface area contributed by atoms with E-state index in [1.165, 1.54) is 11.1 Å². The number of halogens is 4. The highest BCUT2D eigenvalue weighted by molar-refractivity contribution is 14.0. The number of aromatic nitrogens is 1. The van der Waals surface area contributed by atoms with E-state index in [1.807, 2.05) is 29.2 Å². The Kier molecular flexibility index (Phi) is 8.89. The molecule has 30 heavy (non-hydrogen) atoms. The second-order valence-electron chi connectivity index (χ2n) is 6.60. The molecule has 1 aromatic heterocycles. The van der Waals surface area contributed by atoms with Crippen LogP contribution in [0.3, 0.4) is 0 Å². The molecule has 0 aliphatic carbocycles. The Morgan fingerprint density at radius 1 is 1.23 bits per heavy atom. The van der Waals surface area contributed by atoms with Crippen LogP contribution < -0.4 is 10.6 Å². The smallest absolute Gasteiger partial charge is 0.356 e. The van der Waals surface area contributed by atoms with Crippen molar-refractivity contribution in [3.05, 3.63) is 51.5 Å². The van der Waals surface area contributed by atoms with E-state index in [4.69, 9.17) is 0 Å². The molecule has 1 aliphatic heterocycles. The van der Waals surface area contributed by atoms with E-state index in [-0.39, 0.29) is 36.4 Å². The number of alkyl halides is 3. The number of thiazole rings is 1. The molecule has 11 heteroatoms. The zero-order chi connectivity index (χ0) is 20.9. The van der Waals surface area contributed by atoms with Crippen LogP contribution in [0.2, 0.25) is 0 Å². The van der Waals surface area contributed by atoms with E-state index in [2.05, 4.69) is 20.6 Å². The molecule has 1 amide bonds. The number of hydrogen-bond donors (Lipinski definition) is 2. The molecular formula is C19H23F3IN5OS. The normalized spacial score (nSPS) is 13.6. The summed E-state index contributed by atoms with van der Waals surface area (Å²) >= 11 is 0.944. The maximum Gasteiger partial charge on any atom is 0.434 e. The molecule has 2 heterocycles. The Bertz CT molecular complexity index is 862. The van der Waals surface area contributed by atoms with Gasteiger partial charge in [-0.15, -0.1) is 35.3 Å². The maximum atomic E-state index is 12.6. The van der Waals surface area contributed by atoms with E-state index < -0.39 is 11.9 Å². The van der Waals surface area contributed by atoms with Crippen LogP contribution in [0, 0.1) is 0 Å². The molecule has 0 fully saturated rings. The molecule has 2 aromatic rings. The Balaban J connectivity index is 0.00000320. The molecular weight excluding hydrogens is 530 g/mol. The molecule has 2 N–H and O–H groups in total. The number of nitrogens with one attached hydrogen (secondary N) is 2. The van der Waals surface area contributed by atoms with Crippen LogP contribution >= 0.6 is 35.3 Å². The van der Waals surface area contributed by atoms with Gasteiger partial charge in [0, 0.05) is 38.5 Å². The molecule has 0 saturated heterocycles. The predicted octanol–water partition coefficient (Wildman–Crippen LogP) is 3.77. The van der Waals surface area contributed by atoms with Gasteiger partial charge in [-0.2, -0.15) is 13.2 Å². The SMILES string of the molecule is CN=C(NCCCC(=O)N1Cc2ccccc2C1)NCc1nc(C(F)(F)F)cs1.I. The molecule has 0 atom stereocenters. The average molecular weight is 553 g/mol. The molecule has 3 rings (SSSR count). The lowest BCUT2D eigenvalue weighted by atomic mass is 10.1. The van der Waals surface area contributed by atoms with Crippen molar-refractivity contribution in [3.8, 4) is 0 Å². The summed E-state index contributed by atoms with van der Waals surface area (Å²) < 4.78 is 37.7. The molecule has 6 nitrogen and oxygen atoms in total. The van der Waals surface area contributed by atoms with Crippen LogP contribution in [0.15, 0.2) is 34.6 Å². The van der Waals surface area contributed by atoms with Gasteiger partial charge >= 0.3 is 6.18 Å². The third-order valence-electron chi connectivity index (χ3n) is 4.53. The topological polar surface area (TPSA) is 69.6 Å². The number of carbonyl (C=O) groups excluding carboxylic acids is 1. The maximum absolute atomic E-state index is 12.6. The van der Waals surface area contributed by atoms with Crippen LogP contribution in [-0.2, 0) is 30.6 Å². The monoisotopic (exact) mass is 553 g/mol. The van der Waals surface area contributed by atoms with Gasteiger partial charge in [0.2, 0.25) is 5.91 Å². The van der Waals surface area contributed by atoms with Crippen molar-refractivity contribution in [1.82, 2.24) is 20.5 Å². The molecule has 164 valence electrons. The fraction of sp³-hybridized carbons (Fsp3) is 0.421. The number of carbonyl (C=O) groups is 1. The fourth-order valence-corrected chi connectivity index (χ4v) is 3.76. The number of amides is 1. The van der Waals surface area contributed by atoms with Crippen LogP contribution in [0.4, 0.5) is 13.2 Å². The number of hydrogen-bond acceptors (Lipinski definition) is 4. The first-order valence-corrected chi connectivity index (χ1v) is 10.1. The summed E-state index contributed by atoms with van der Waals surface area (Å²) in [7, 11) is 1.57. The summed E-state index contributed by atoms with van der Waals surface area (Å²) in [6.07, 6.45) is -3.39. The second kappa shape index (κ2) is 10.9. The first-order valence-electron chi connectivity index (χ1n) is 9.17. The fourth-order valence-electron chi connectivity index (χ4n) is 3.02. The van der Waals surface area contributed by atoms with Gasteiger partial charge in [-0.25, -0.2) is 4.98 Å². The summed E-state index contributed by atoms with van der Waals surface area (Å²) in [6.45, 7) is 1.97. The van der Waals surface area contributed by atoms with Crippen molar-refractivity contribution in [3.63, 3.8) is 0 Å². The van der Waals surface area contributed by atoms with E-state index in [0.29, 0.717) is 43.4 Å². The summed E-state index contributed by atoms with van der Waals surface area (Å²) in [6, 6.07) is 8.04. The van der Waals surface area contributed by atoms with E-state index in [1.54, 1.807) is 7.05 Å². The van der Waals surface area contributed by atoms with Crippen molar-refractivity contribution < 1.29 is 18.0 Å². The standard InChI is InChI=1S/C19H22F3N5OS.HI/c1-23-18(25-9-16-26-15(12-29-16)19(20,21)22)24-8-4-7-17(28)27-10-13-5-2-3-6-14(13)11-27;/h2-3,5-6,12H,4,7-11H2,1H3,(H2,23,24,25);1H. The third kappa shape index (κ3) is 6.56. The number of aliphatic imine (C=N–C) groups is 1. The van der Waals surface area contributed by atoms with E-state index >= 15 is 0 Å². The van der Waals surface area contributed by atoms with Crippen LogP contribution in [-0.4, -0.2) is 35.3 Å². The van der Waals surface area contributed by atoms with Gasteiger partial charge in [0.25, 0.3) is 0 Å². The highest BCUT2D eigenvalue weighted by Crippen LogP contribution is 2.29. The van der Waals surface area contributed by atoms with Crippen molar-refractivity contribution in [1.29, 1.82) is 0 Å². The minimum Gasteiger partial charge on any atom is -0.356 e. The van der Waals surface area contributed by atoms with Crippen LogP contribution in [0.5, 0.6) is 0 Å².